The molecule has 0 aliphatic rings. The van der Waals surface area contributed by atoms with E-state index < -0.39 is 17.5 Å². The second kappa shape index (κ2) is 5.56. The molecule has 1 amide bonds. The Kier molecular flexibility index (Phi) is 3.84. The molecule has 0 aliphatic carbocycles. The first kappa shape index (κ1) is 13.8. The molecule has 0 heterocycles. The number of phenols is 1. The van der Waals surface area contributed by atoms with E-state index in [0.717, 1.165) is 12.1 Å². The van der Waals surface area contributed by atoms with E-state index in [9.17, 15) is 18.7 Å². The van der Waals surface area contributed by atoms with E-state index in [1.165, 1.54) is 25.3 Å². The fraction of sp³-hybridized carbons (Fsp3) is 0.0714. The molecule has 2 N–H and O–H groups in total. The third-order valence-corrected chi connectivity index (χ3v) is 2.62. The minimum Gasteiger partial charge on any atom is -0.504 e. The van der Waals surface area contributed by atoms with Gasteiger partial charge in [0.05, 0.1) is 12.8 Å². The molecule has 6 heteroatoms. The lowest BCUT2D eigenvalue weighted by Gasteiger charge is -2.08. The number of nitrogens with one attached hydrogen (secondary N) is 1. The Morgan fingerprint density at radius 3 is 2.60 bits per heavy atom. The van der Waals surface area contributed by atoms with Crippen molar-refractivity contribution < 1.29 is 23.4 Å². The second-order valence-corrected chi connectivity index (χ2v) is 3.96. The van der Waals surface area contributed by atoms with Crippen LogP contribution in [0.25, 0.3) is 0 Å². The van der Waals surface area contributed by atoms with Crippen LogP contribution in [0.3, 0.4) is 0 Å². The van der Waals surface area contributed by atoms with Crippen LogP contribution in [0.4, 0.5) is 14.5 Å². The van der Waals surface area contributed by atoms with Gasteiger partial charge in [0, 0.05) is 11.6 Å². The van der Waals surface area contributed by atoms with Gasteiger partial charge in [0.1, 0.15) is 11.6 Å². The van der Waals surface area contributed by atoms with Crippen molar-refractivity contribution in [3.8, 4) is 11.5 Å². The van der Waals surface area contributed by atoms with Crippen LogP contribution in [0.1, 0.15) is 10.4 Å². The minimum absolute atomic E-state index is 0.114. The molecule has 0 aromatic heterocycles. The Morgan fingerprint density at radius 2 is 1.95 bits per heavy atom. The van der Waals surface area contributed by atoms with Gasteiger partial charge >= 0.3 is 0 Å². The molecule has 2 aromatic carbocycles. The van der Waals surface area contributed by atoms with E-state index in [0.29, 0.717) is 6.07 Å². The van der Waals surface area contributed by atoms with Crippen molar-refractivity contribution in [1.29, 1.82) is 0 Å². The molecule has 0 fully saturated rings. The zero-order valence-electron chi connectivity index (χ0n) is 10.5. The zero-order chi connectivity index (χ0) is 14.7. The van der Waals surface area contributed by atoms with Crippen LogP contribution in [-0.2, 0) is 0 Å². The number of carbonyl (C=O) groups excluding carboxylic acids is 1. The number of methoxy groups -OCH3 is 1. The summed E-state index contributed by atoms with van der Waals surface area (Å²) in [6.45, 7) is 0. The highest BCUT2D eigenvalue weighted by atomic mass is 19.1. The molecule has 2 aromatic rings. The third-order valence-electron chi connectivity index (χ3n) is 2.62. The van der Waals surface area contributed by atoms with E-state index in [4.69, 9.17) is 4.74 Å². The Labute approximate surface area is 113 Å². The quantitative estimate of drug-likeness (QED) is 0.908. The molecule has 0 atom stereocenters. The predicted octanol–water partition coefficient (Wildman–Crippen LogP) is 2.93. The Morgan fingerprint density at radius 1 is 1.20 bits per heavy atom. The van der Waals surface area contributed by atoms with Gasteiger partial charge in [0.25, 0.3) is 5.91 Å². The van der Waals surface area contributed by atoms with Crippen LogP contribution in [-0.4, -0.2) is 18.1 Å². The number of amides is 1. The first-order valence-electron chi connectivity index (χ1n) is 5.64. The lowest BCUT2D eigenvalue weighted by Crippen LogP contribution is -2.13. The smallest absolute Gasteiger partial charge is 0.255 e. The van der Waals surface area contributed by atoms with Gasteiger partial charge in [-0.1, -0.05) is 0 Å². The summed E-state index contributed by atoms with van der Waals surface area (Å²) in [4.78, 5) is 11.9. The number of ether oxygens (including phenoxy) is 1. The molecule has 0 spiro atoms. The van der Waals surface area contributed by atoms with Gasteiger partial charge in [0.15, 0.2) is 11.5 Å². The molecule has 0 bridgehead atoms. The van der Waals surface area contributed by atoms with Crippen LogP contribution < -0.4 is 10.1 Å². The number of hydrogen-bond donors (Lipinski definition) is 2. The molecule has 0 aliphatic heterocycles. The summed E-state index contributed by atoms with van der Waals surface area (Å²) in [6, 6.07) is 6.79. The van der Waals surface area contributed by atoms with Gasteiger partial charge in [-0.25, -0.2) is 8.78 Å². The molecule has 104 valence electrons. The van der Waals surface area contributed by atoms with Crippen molar-refractivity contribution in [1.82, 2.24) is 0 Å². The fourth-order valence-corrected chi connectivity index (χ4v) is 1.60. The fourth-order valence-electron chi connectivity index (χ4n) is 1.60. The maximum Gasteiger partial charge on any atom is 0.255 e. The highest BCUT2D eigenvalue weighted by Crippen LogP contribution is 2.26. The SMILES string of the molecule is COc1cc(C(=O)Nc2ccc(F)cc2F)ccc1O. The normalized spacial score (nSPS) is 10.2. The van der Waals surface area contributed by atoms with E-state index in [-0.39, 0.29) is 22.7 Å². The number of anilines is 1. The van der Waals surface area contributed by atoms with Crippen LogP contribution in [0.15, 0.2) is 36.4 Å². The van der Waals surface area contributed by atoms with Crippen LogP contribution >= 0.6 is 0 Å². The molecule has 2 rings (SSSR count). The molecule has 20 heavy (non-hydrogen) atoms. The summed E-state index contributed by atoms with van der Waals surface area (Å²) in [6.07, 6.45) is 0. The van der Waals surface area contributed by atoms with E-state index >= 15 is 0 Å². The number of rotatable bonds is 3. The summed E-state index contributed by atoms with van der Waals surface area (Å²) in [5, 5.41) is 11.7. The van der Waals surface area contributed by atoms with Gasteiger partial charge in [-0.05, 0) is 30.3 Å². The summed E-state index contributed by atoms with van der Waals surface area (Å²) in [7, 11) is 1.34. The first-order valence-corrected chi connectivity index (χ1v) is 5.64. The summed E-state index contributed by atoms with van der Waals surface area (Å²) in [5.74, 6) is -2.20. The monoisotopic (exact) mass is 279 g/mol. The number of halogens is 2. The van der Waals surface area contributed by atoms with E-state index in [1.54, 1.807) is 0 Å². The van der Waals surface area contributed by atoms with Crippen molar-refractivity contribution in [2.75, 3.05) is 12.4 Å². The second-order valence-electron chi connectivity index (χ2n) is 3.96. The third kappa shape index (κ3) is 2.85. The number of aromatic hydroxyl groups is 1. The van der Waals surface area contributed by atoms with Gasteiger partial charge in [0.2, 0.25) is 0 Å². The van der Waals surface area contributed by atoms with Crippen molar-refractivity contribution in [2.45, 2.75) is 0 Å². The lowest BCUT2D eigenvalue weighted by molar-refractivity contribution is 0.102. The highest BCUT2D eigenvalue weighted by molar-refractivity contribution is 6.04. The maximum atomic E-state index is 13.4. The lowest BCUT2D eigenvalue weighted by atomic mass is 10.2. The molecular formula is C14H11F2NO3. The molecule has 0 saturated heterocycles. The van der Waals surface area contributed by atoms with Crippen molar-refractivity contribution >= 4 is 11.6 Å². The molecule has 0 radical (unpaired) electrons. The van der Waals surface area contributed by atoms with Gasteiger partial charge < -0.3 is 15.2 Å². The van der Waals surface area contributed by atoms with Crippen LogP contribution in [0.2, 0.25) is 0 Å². The standard InChI is InChI=1S/C14H11F2NO3/c1-20-13-6-8(2-5-12(13)18)14(19)17-11-4-3-9(15)7-10(11)16/h2-7,18H,1H3,(H,17,19). The van der Waals surface area contributed by atoms with E-state index in [1.807, 2.05) is 0 Å². The Hall–Kier alpha value is -2.63. The van der Waals surface area contributed by atoms with Gasteiger partial charge in [-0.3, -0.25) is 4.79 Å². The topological polar surface area (TPSA) is 58.6 Å². The molecular weight excluding hydrogens is 268 g/mol. The maximum absolute atomic E-state index is 13.4. The minimum atomic E-state index is -0.871. The number of benzene rings is 2. The molecule has 0 saturated carbocycles. The van der Waals surface area contributed by atoms with Crippen molar-refractivity contribution in [3.63, 3.8) is 0 Å². The molecule has 4 nitrogen and oxygen atoms in total. The predicted molar refractivity (Wildman–Crippen MR) is 69.0 cm³/mol. The number of hydrogen-bond acceptors (Lipinski definition) is 3. The summed E-state index contributed by atoms with van der Waals surface area (Å²) in [5.41, 5.74) is 0.0341. The largest absolute Gasteiger partial charge is 0.504 e. The van der Waals surface area contributed by atoms with Crippen LogP contribution in [0.5, 0.6) is 11.5 Å². The zero-order valence-corrected chi connectivity index (χ0v) is 10.5. The Bertz CT molecular complexity index is 659. The van der Waals surface area contributed by atoms with E-state index in [2.05, 4.69) is 5.32 Å². The Balaban J connectivity index is 2.24. The highest BCUT2D eigenvalue weighted by Gasteiger charge is 2.12. The van der Waals surface area contributed by atoms with Crippen molar-refractivity contribution in [2.24, 2.45) is 0 Å². The van der Waals surface area contributed by atoms with Crippen LogP contribution in [0, 0.1) is 11.6 Å². The van der Waals surface area contributed by atoms with Gasteiger partial charge in [-0.2, -0.15) is 0 Å². The molecule has 0 unspecified atom stereocenters. The average Bonchev–Trinajstić information content (AvgIpc) is 2.42. The number of carbonyl (C=O) groups is 1. The number of phenolic OH excluding ortho intramolecular Hbond substituents is 1. The average molecular weight is 279 g/mol. The summed E-state index contributed by atoms with van der Waals surface area (Å²) < 4.78 is 31.0. The summed E-state index contributed by atoms with van der Waals surface area (Å²) >= 11 is 0. The van der Waals surface area contributed by atoms with Crippen molar-refractivity contribution in [3.05, 3.63) is 53.6 Å². The van der Waals surface area contributed by atoms with Gasteiger partial charge in [-0.15, -0.1) is 0 Å². The first-order chi connectivity index (χ1) is 9.51.